The number of benzene rings is 2. The van der Waals surface area contributed by atoms with Gasteiger partial charge in [-0.15, -0.1) is 0 Å². The number of hydrogen-bond acceptors (Lipinski definition) is 6. The Balaban J connectivity index is 2.70. The van der Waals surface area contributed by atoms with E-state index in [9.17, 15) is 40.1 Å². The molecular weight excluding hydrogens is 401 g/mol. The maximum atomic E-state index is 12.6. The van der Waals surface area contributed by atoms with Crippen LogP contribution in [0.2, 0.25) is 0 Å². The Hall–Kier alpha value is -2.67. The van der Waals surface area contributed by atoms with Gasteiger partial charge < -0.3 is 0 Å². The highest BCUT2D eigenvalue weighted by Gasteiger charge is 2.46. The molecule has 26 heavy (non-hydrogen) atoms. The maximum Gasteiger partial charge on any atom is 0.516 e. The molecule has 0 saturated carbocycles. The van der Waals surface area contributed by atoms with Crippen LogP contribution >= 0.6 is 0 Å². The van der Waals surface area contributed by atoms with Crippen LogP contribution in [0.25, 0.3) is 0 Å². The molecule has 140 valence electrons. The van der Waals surface area contributed by atoms with Crippen molar-refractivity contribution in [3.05, 3.63) is 58.6 Å². The number of sulfonamides is 1. The SMILES string of the molecule is O=[N+]([O-])c1ccc(S(=O)(=O)c2ccccc2)c(NS(=O)(=O)C(F)(F)F)c1. The van der Waals surface area contributed by atoms with Gasteiger partial charge in [-0.3, -0.25) is 14.8 Å². The van der Waals surface area contributed by atoms with Gasteiger partial charge in [0.1, 0.15) is 0 Å². The molecule has 2 aromatic rings. The minimum absolute atomic E-state index is 0.332. The molecule has 0 aliphatic carbocycles. The highest BCUT2D eigenvalue weighted by Crippen LogP contribution is 2.34. The Morgan fingerprint density at radius 3 is 2.04 bits per heavy atom. The number of alkyl halides is 3. The average molecular weight is 410 g/mol. The molecule has 2 rings (SSSR count). The first-order valence-electron chi connectivity index (χ1n) is 6.54. The molecular formula is C13H9F3N2O6S2. The van der Waals surface area contributed by atoms with Gasteiger partial charge >= 0.3 is 15.5 Å². The lowest BCUT2D eigenvalue weighted by Gasteiger charge is -2.14. The molecule has 0 bridgehead atoms. The predicted octanol–water partition coefficient (Wildman–Crippen LogP) is 2.69. The molecule has 0 aliphatic heterocycles. The lowest BCUT2D eigenvalue weighted by atomic mass is 10.3. The van der Waals surface area contributed by atoms with Crippen molar-refractivity contribution in [2.24, 2.45) is 0 Å². The highest BCUT2D eigenvalue weighted by molar-refractivity contribution is 7.94. The van der Waals surface area contributed by atoms with Crippen molar-refractivity contribution in [2.45, 2.75) is 15.3 Å². The lowest BCUT2D eigenvalue weighted by Crippen LogP contribution is -2.30. The van der Waals surface area contributed by atoms with Crippen LogP contribution in [0.1, 0.15) is 0 Å². The van der Waals surface area contributed by atoms with E-state index >= 15 is 0 Å². The van der Waals surface area contributed by atoms with E-state index < -0.39 is 46.6 Å². The molecule has 0 amide bonds. The third-order valence-corrected chi connectivity index (χ3v) is 5.99. The summed E-state index contributed by atoms with van der Waals surface area (Å²) in [7, 11) is -10.4. The molecule has 0 unspecified atom stereocenters. The topological polar surface area (TPSA) is 123 Å². The maximum absolute atomic E-state index is 12.6. The van der Waals surface area contributed by atoms with Gasteiger partial charge in [0, 0.05) is 12.1 Å². The lowest BCUT2D eigenvalue weighted by molar-refractivity contribution is -0.384. The second-order valence-electron chi connectivity index (χ2n) is 4.81. The molecule has 0 radical (unpaired) electrons. The van der Waals surface area contributed by atoms with Crippen LogP contribution in [0.3, 0.4) is 0 Å². The van der Waals surface area contributed by atoms with Crippen molar-refractivity contribution >= 4 is 31.2 Å². The van der Waals surface area contributed by atoms with Crippen LogP contribution in [0.5, 0.6) is 0 Å². The zero-order valence-corrected chi connectivity index (χ0v) is 14.1. The summed E-state index contributed by atoms with van der Waals surface area (Å²) in [6, 6.07) is 8.25. The van der Waals surface area contributed by atoms with Gasteiger partial charge in [-0.1, -0.05) is 18.2 Å². The second-order valence-corrected chi connectivity index (χ2v) is 8.40. The fraction of sp³-hybridized carbons (Fsp3) is 0.0769. The molecule has 2 aromatic carbocycles. The van der Waals surface area contributed by atoms with Crippen molar-refractivity contribution in [3.8, 4) is 0 Å². The van der Waals surface area contributed by atoms with Crippen LogP contribution in [0, 0.1) is 10.1 Å². The van der Waals surface area contributed by atoms with Gasteiger partial charge in [0.2, 0.25) is 9.84 Å². The first-order valence-corrected chi connectivity index (χ1v) is 9.50. The van der Waals surface area contributed by atoms with Gasteiger partial charge in [0.05, 0.1) is 20.4 Å². The number of hydrogen-bond donors (Lipinski definition) is 1. The smallest absolute Gasteiger partial charge is 0.274 e. The summed E-state index contributed by atoms with van der Waals surface area (Å²) in [4.78, 5) is 8.60. The number of sulfone groups is 1. The van der Waals surface area contributed by atoms with E-state index in [1.165, 1.54) is 18.2 Å². The van der Waals surface area contributed by atoms with E-state index in [-0.39, 0.29) is 4.90 Å². The third kappa shape index (κ3) is 3.77. The summed E-state index contributed by atoms with van der Waals surface area (Å²) < 4.78 is 86.7. The quantitative estimate of drug-likeness (QED) is 0.597. The number of nitro groups is 1. The summed E-state index contributed by atoms with van der Waals surface area (Å²) in [5.41, 5.74) is -7.62. The van der Waals surface area contributed by atoms with Gasteiger partial charge in [0.25, 0.3) is 5.69 Å². The zero-order valence-electron chi connectivity index (χ0n) is 12.5. The number of non-ortho nitro benzene ring substituents is 1. The molecule has 0 fully saturated rings. The number of rotatable bonds is 5. The van der Waals surface area contributed by atoms with E-state index in [2.05, 4.69) is 0 Å². The third-order valence-electron chi connectivity index (χ3n) is 3.07. The first-order chi connectivity index (χ1) is 11.9. The summed E-state index contributed by atoms with van der Waals surface area (Å²) in [5.74, 6) is 0. The standard InChI is InChI=1S/C13H9F3N2O6S2/c14-13(15,16)26(23,24)17-11-8-9(18(19)20)6-7-12(11)25(21,22)10-4-2-1-3-5-10/h1-8,17H. The van der Waals surface area contributed by atoms with E-state index in [0.29, 0.717) is 12.1 Å². The molecule has 0 aromatic heterocycles. The van der Waals surface area contributed by atoms with E-state index in [1.807, 2.05) is 0 Å². The van der Waals surface area contributed by atoms with Gasteiger partial charge in [0.15, 0.2) is 0 Å². The molecule has 0 spiro atoms. The Labute approximate surface area is 145 Å². The number of halogens is 3. The fourth-order valence-electron chi connectivity index (χ4n) is 1.87. The summed E-state index contributed by atoms with van der Waals surface area (Å²) in [6.07, 6.45) is 0. The van der Waals surface area contributed by atoms with Crippen LogP contribution in [-0.4, -0.2) is 27.3 Å². The second kappa shape index (κ2) is 6.57. The van der Waals surface area contributed by atoms with Crippen LogP contribution in [0.4, 0.5) is 24.5 Å². The first kappa shape index (κ1) is 19.7. The molecule has 0 heterocycles. The Morgan fingerprint density at radius 2 is 1.54 bits per heavy atom. The van der Waals surface area contributed by atoms with Crippen LogP contribution in [0.15, 0.2) is 58.3 Å². The minimum atomic E-state index is -6.00. The largest absolute Gasteiger partial charge is 0.516 e. The zero-order chi connectivity index (χ0) is 19.8. The van der Waals surface area contributed by atoms with Crippen molar-refractivity contribution in [3.63, 3.8) is 0 Å². The Bertz CT molecular complexity index is 1050. The summed E-state index contributed by atoms with van der Waals surface area (Å²) in [5, 5.41) is 10.8. The van der Waals surface area contributed by atoms with Gasteiger partial charge in [-0.25, -0.2) is 8.42 Å². The molecule has 8 nitrogen and oxygen atoms in total. The van der Waals surface area contributed by atoms with Crippen LogP contribution < -0.4 is 4.72 Å². The number of nitrogens with one attached hydrogen (secondary N) is 1. The minimum Gasteiger partial charge on any atom is -0.274 e. The van der Waals surface area contributed by atoms with Crippen molar-refractivity contribution in [2.75, 3.05) is 4.72 Å². The molecule has 1 N–H and O–H groups in total. The normalized spacial score (nSPS) is 12.6. The molecule has 0 atom stereocenters. The van der Waals surface area contributed by atoms with Crippen molar-refractivity contribution in [1.29, 1.82) is 0 Å². The number of nitro benzene ring substituents is 1. The molecule has 0 aliphatic rings. The Kier molecular flexibility index (Phi) is 4.96. The predicted molar refractivity (Wildman–Crippen MR) is 83.6 cm³/mol. The number of anilines is 1. The highest BCUT2D eigenvalue weighted by atomic mass is 32.2. The van der Waals surface area contributed by atoms with E-state index in [4.69, 9.17) is 0 Å². The monoisotopic (exact) mass is 410 g/mol. The van der Waals surface area contributed by atoms with E-state index in [1.54, 1.807) is 0 Å². The fourth-order valence-corrected chi connectivity index (χ4v) is 3.93. The summed E-state index contributed by atoms with van der Waals surface area (Å²) in [6.45, 7) is 0. The van der Waals surface area contributed by atoms with Crippen molar-refractivity contribution in [1.82, 2.24) is 0 Å². The molecule has 0 saturated heterocycles. The van der Waals surface area contributed by atoms with Crippen molar-refractivity contribution < 1.29 is 34.9 Å². The van der Waals surface area contributed by atoms with E-state index in [0.717, 1.165) is 22.9 Å². The summed E-state index contributed by atoms with van der Waals surface area (Å²) >= 11 is 0. The molecule has 13 heteroatoms. The Morgan fingerprint density at radius 1 is 0.962 bits per heavy atom. The van der Waals surface area contributed by atoms with Gasteiger partial charge in [-0.2, -0.15) is 21.6 Å². The van der Waals surface area contributed by atoms with Crippen LogP contribution in [-0.2, 0) is 19.9 Å². The number of nitrogens with zero attached hydrogens (tertiary/aromatic N) is 1. The van der Waals surface area contributed by atoms with Gasteiger partial charge in [-0.05, 0) is 18.2 Å². The average Bonchev–Trinajstić information content (AvgIpc) is 2.54.